The monoisotopic (exact) mass is 348 g/mol. The maximum atomic E-state index is 12.0. The second kappa shape index (κ2) is 9.57. The maximum Gasteiger partial charge on any atom is 0.222 e. The number of piperidine rings is 1. The number of thioether (sulfide) groups is 1. The summed E-state index contributed by atoms with van der Waals surface area (Å²) in [7, 11) is 0. The first-order chi connectivity index (χ1) is 9.65. The topological polar surface area (TPSA) is 46.3 Å². The van der Waals surface area contributed by atoms with E-state index in [1.807, 2.05) is 29.2 Å². The number of halogens is 2. The fourth-order valence-corrected chi connectivity index (χ4v) is 3.23. The molecular formula is C15H22Cl2N2OS. The second-order valence-corrected chi connectivity index (χ2v) is 6.73. The third kappa shape index (κ3) is 6.47. The predicted molar refractivity (Wildman–Crippen MR) is 92.4 cm³/mol. The van der Waals surface area contributed by atoms with Crippen LogP contribution in [0.25, 0.3) is 0 Å². The second-order valence-electron chi connectivity index (χ2n) is 5.12. The Hall–Kier alpha value is -0.420. The predicted octanol–water partition coefficient (Wildman–Crippen LogP) is 3.58. The number of hydrogen-bond donors (Lipinski definition) is 1. The molecule has 2 N–H and O–H groups in total. The molecule has 3 nitrogen and oxygen atoms in total. The minimum atomic E-state index is 0. The highest BCUT2D eigenvalue weighted by atomic mass is 35.5. The van der Waals surface area contributed by atoms with Gasteiger partial charge in [0.1, 0.15) is 0 Å². The molecule has 1 heterocycles. The molecule has 1 aliphatic heterocycles. The van der Waals surface area contributed by atoms with E-state index < -0.39 is 0 Å². The molecule has 118 valence electrons. The molecule has 1 fully saturated rings. The zero-order valence-corrected chi connectivity index (χ0v) is 14.4. The lowest BCUT2D eigenvalue weighted by Crippen LogP contribution is -2.42. The van der Waals surface area contributed by atoms with Crippen molar-refractivity contribution in [3.63, 3.8) is 0 Å². The highest BCUT2D eigenvalue weighted by Gasteiger charge is 2.19. The van der Waals surface area contributed by atoms with Crippen LogP contribution in [0.2, 0.25) is 5.02 Å². The van der Waals surface area contributed by atoms with Crippen molar-refractivity contribution in [3.8, 4) is 0 Å². The summed E-state index contributed by atoms with van der Waals surface area (Å²) in [5.41, 5.74) is 5.84. The van der Waals surface area contributed by atoms with Crippen molar-refractivity contribution in [2.75, 3.05) is 18.8 Å². The molecule has 0 unspecified atom stereocenters. The van der Waals surface area contributed by atoms with Gasteiger partial charge in [0.05, 0.1) is 0 Å². The molecule has 0 spiro atoms. The molecule has 0 atom stereocenters. The molecule has 0 saturated carbocycles. The molecule has 21 heavy (non-hydrogen) atoms. The average Bonchev–Trinajstić information content (AvgIpc) is 2.46. The SMILES string of the molecule is Cl.NC1CCN(C(=O)CCCSc2ccc(Cl)cc2)CC1. The third-order valence-electron chi connectivity index (χ3n) is 3.51. The summed E-state index contributed by atoms with van der Waals surface area (Å²) in [6, 6.07) is 8.10. The van der Waals surface area contributed by atoms with Crippen LogP contribution in [0.3, 0.4) is 0 Å². The van der Waals surface area contributed by atoms with Gasteiger partial charge >= 0.3 is 0 Å². The number of rotatable bonds is 5. The van der Waals surface area contributed by atoms with Crippen LogP contribution in [-0.2, 0) is 4.79 Å². The molecule has 0 radical (unpaired) electrons. The summed E-state index contributed by atoms with van der Waals surface area (Å²) in [5.74, 6) is 1.23. The number of nitrogens with two attached hydrogens (primary N) is 1. The molecule has 2 rings (SSSR count). The molecule has 1 saturated heterocycles. The Morgan fingerprint density at radius 1 is 1.29 bits per heavy atom. The van der Waals surface area contributed by atoms with E-state index in [1.165, 1.54) is 4.90 Å². The molecular weight excluding hydrogens is 327 g/mol. The molecule has 0 aromatic heterocycles. The van der Waals surface area contributed by atoms with Gasteiger partial charge in [0.25, 0.3) is 0 Å². The van der Waals surface area contributed by atoms with Crippen LogP contribution < -0.4 is 5.73 Å². The van der Waals surface area contributed by atoms with E-state index in [9.17, 15) is 4.79 Å². The number of carbonyl (C=O) groups excluding carboxylic acids is 1. The Morgan fingerprint density at radius 3 is 2.52 bits per heavy atom. The lowest BCUT2D eigenvalue weighted by molar-refractivity contribution is -0.132. The van der Waals surface area contributed by atoms with Gasteiger partial charge < -0.3 is 10.6 Å². The first-order valence-electron chi connectivity index (χ1n) is 7.07. The Kier molecular flexibility index (Phi) is 8.49. The Bertz CT molecular complexity index is 434. The maximum absolute atomic E-state index is 12.0. The van der Waals surface area contributed by atoms with Crippen LogP contribution >= 0.6 is 35.8 Å². The van der Waals surface area contributed by atoms with Crippen LogP contribution in [0.15, 0.2) is 29.2 Å². The van der Waals surface area contributed by atoms with Crippen molar-refractivity contribution >= 4 is 41.7 Å². The fraction of sp³-hybridized carbons (Fsp3) is 0.533. The quantitative estimate of drug-likeness (QED) is 0.653. The number of likely N-dealkylation sites (tertiary alicyclic amines) is 1. The van der Waals surface area contributed by atoms with Crippen molar-refractivity contribution in [1.82, 2.24) is 4.90 Å². The number of benzene rings is 1. The van der Waals surface area contributed by atoms with Gasteiger partial charge in [0.15, 0.2) is 0 Å². The minimum Gasteiger partial charge on any atom is -0.343 e. The first kappa shape index (κ1) is 18.6. The number of nitrogens with zero attached hydrogens (tertiary/aromatic N) is 1. The molecule has 1 aromatic rings. The highest BCUT2D eigenvalue weighted by Crippen LogP contribution is 2.21. The zero-order valence-electron chi connectivity index (χ0n) is 12.0. The van der Waals surface area contributed by atoms with Gasteiger partial charge in [-0.1, -0.05) is 11.6 Å². The van der Waals surface area contributed by atoms with Crippen molar-refractivity contribution in [3.05, 3.63) is 29.3 Å². The molecule has 0 aliphatic carbocycles. The molecule has 0 bridgehead atoms. The van der Waals surface area contributed by atoms with Crippen molar-refractivity contribution in [1.29, 1.82) is 0 Å². The van der Waals surface area contributed by atoms with Crippen molar-refractivity contribution in [2.24, 2.45) is 5.73 Å². The lowest BCUT2D eigenvalue weighted by Gasteiger charge is -2.30. The smallest absolute Gasteiger partial charge is 0.222 e. The van der Waals surface area contributed by atoms with Crippen molar-refractivity contribution < 1.29 is 4.79 Å². The van der Waals surface area contributed by atoms with E-state index in [2.05, 4.69) is 0 Å². The highest BCUT2D eigenvalue weighted by molar-refractivity contribution is 7.99. The van der Waals surface area contributed by atoms with Gasteiger partial charge in [-0.15, -0.1) is 24.2 Å². The Balaban J connectivity index is 0.00000220. The molecule has 1 amide bonds. The van der Waals surface area contributed by atoms with E-state index >= 15 is 0 Å². The molecule has 6 heteroatoms. The van der Waals surface area contributed by atoms with Crippen LogP contribution in [0.1, 0.15) is 25.7 Å². The summed E-state index contributed by atoms with van der Waals surface area (Å²) < 4.78 is 0. The molecule has 1 aliphatic rings. The van der Waals surface area contributed by atoms with Gasteiger partial charge in [-0.2, -0.15) is 0 Å². The minimum absolute atomic E-state index is 0. The first-order valence-corrected chi connectivity index (χ1v) is 8.43. The standard InChI is InChI=1S/C15H21ClN2OS.ClH/c16-12-3-5-14(6-4-12)20-11-1-2-15(19)18-9-7-13(17)8-10-18;/h3-6,13H,1-2,7-11,17H2;1H. The van der Waals surface area contributed by atoms with Crippen LogP contribution in [0.5, 0.6) is 0 Å². The summed E-state index contributed by atoms with van der Waals surface area (Å²) in [6.07, 6.45) is 3.42. The number of hydrogen-bond acceptors (Lipinski definition) is 3. The largest absolute Gasteiger partial charge is 0.343 e. The van der Waals surface area contributed by atoms with E-state index in [0.717, 1.165) is 43.1 Å². The van der Waals surface area contributed by atoms with E-state index in [1.54, 1.807) is 11.8 Å². The van der Waals surface area contributed by atoms with E-state index in [4.69, 9.17) is 17.3 Å². The fourth-order valence-electron chi connectivity index (χ4n) is 2.25. The van der Waals surface area contributed by atoms with E-state index in [0.29, 0.717) is 6.42 Å². The third-order valence-corrected chi connectivity index (χ3v) is 4.86. The number of amides is 1. The van der Waals surface area contributed by atoms with Crippen LogP contribution in [0.4, 0.5) is 0 Å². The number of carbonyl (C=O) groups is 1. The summed E-state index contributed by atoms with van der Waals surface area (Å²) >= 11 is 7.61. The molecule has 1 aromatic carbocycles. The van der Waals surface area contributed by atoms with Gasteiger partial charge in [0, 0.05) is 35.5 Å². The summed E-state index contributed by atoms with van der Waals surface area (Å²) in [6.45, 7) is 1.65. The van der Waals surface area contributed by atoms with Crippen LogP contribution in [0, 0.1) is 0 Å². The van der Waals surface area contributed by atoms with E-state index in [-0.39, 0.29) is 24.4 Å². The van der Waals surface area contributed by atoms with Crippen molar-refractivity contribution in [2.45, 2.75) is 36.6 Å². The Morgan fingerprint density at radius 2 is 1.90 bits per heavy atom. The lowest BCUT2D eigenvalue weighted by atomic mass is 10.1. The average molecular weight is 349 g/mol. The Labute approximate surface area is 142 Å². The normalized spacial score (nSPS) is 15.6. The van der Waals surface area contributed by atoms with Gasteiger partial charge in [-0.25, -0.2) is 0 Å². The van der Waals surface area contributed by atoms with Gasteiger partial charge in [-0.05, 0) is 49.3 Å². The van der Waals surface area contributed by atoms with Gasteiger partial charge in [-0.3, -0.25) is 4.79 Å². The van der Waals surface area contributed by atoms with Gasteiger partial charge in [0.2, 0.25) is 5.91 Å². The summed E-state index contributed by atoms with van der Waals surface area (Å²) in [5, 5.41) is 0.757. The van der Waals surface area contributed by atoms with Crippen LogP contribution in [-0.4, -0.2) is 35.7 Å². The summed E-state index contributed by atoms with van der Waals surface area (Å²) in [4.78, 5) is 15.2. The zero-order chi connectivity index (χ0) is 14.4.